The predicted molar refractivity (Wildman–Crippen MR) is 70.8 cm³/mol. The van der Waals surface area contributed by atoms with E-state index in [1.807, 2.05) is 18.2 Å². The zero-order valence-electron chi connectivity index (χ0n) is 10.8. The molecule has 1 aromatic carbocycles. The van der Waals surface area contributed by atoms with Crippen molar-refractivity contribution in [3.8, 4) is 0 Å². The van der Waals surface area contributed by atoms with E-state index in [-0.39, 0.29) is 24.9 Å². The van der Waals surface area contributed by atoms with E-state index >= 15 is 0 Å². The van der Waals surface area contributed by atoms with Crippen molar-refractivity contribution in [1.29, 1.82) is 0 Å². The van der Waals surface area contributed by atoms with Gasteiger partial charge in [0.05, 0.1) is 12.1 Å². The van der Waals surface area contributed by atoms with Gasteiger partial charge < -0.3 is 10.2 Å². The maximum atomic E-state index is 11.9. The van der Waals surface area contributed by atoms with Gasteiger partial charge >= 0.3 is 0 Å². The van der Waals surface area contributed by atoms with Gasteiger partial charge in [0.1, 0.15) is 6.54 Å². The lowest BCUT2D eigenvalue weighted by atomic mass is 10.0. The molecule has 0 spiro atoms. The Morgan fingerprint density at radius 3 is 2.80 bits per heavy atom. The molecule has 20 heavy (non-hydrogen) atoms. The number of carbonyl (C=O) groups excluding carboxylic acids is 3. The molecule has 0 unspecified atom stereocenters. The van der Waals surface area contributed by atoms with Gasteiger partial charge in [0.2, 0.25) is 17.9 Å². The zero-order chi connectivity index (χ0) is 14.2. The van der Waals surface area contributed by atoms with Crippen LogP contribution in [0.3, 0.4) is 0 Å². The Balaban J connectivity index is 1.93. The second kappa shape index (κ2) is 4.58. The Kier molecular flexibility index (Phi) is 2.88. The van der Waals surface area contributed by atoms with Crippen molar-refractivity contribution in [2.45, 2.75) is 18.4 Å². The number of hydrogen-bond acceptors (Lipinski definition) is 4. The largest absolute Gasteiger partial charge is 0.345 e. The predicted octanol–water partition coefficient (Wildman–Crippen LogP) is 0.474. The van der Waals surface area contributed by atoms with Gasteiger partial charge in [-0.3, -0.25) is 9.59 Å². The summed E-state index contributed by atoms with van der Waals surface area (Å²) in [6.07, 6.45) is 3.23. The van der Waals surface area contributed by atoms with Crippen LogP contribution in [0.5, 0.6) is 0 Å². The Bertz CT molecular complexity index is 630. The fourth-order valence-corrected chi connectivity index (χ4v) is 2.43. The first-order valence-electron chi connectivity index (χ1n) is 6.41. The van der Waals surface area contributed by atoms with Crippen molar-refractivity contribution in [3.05, 3.63) is 29.8 Å². The number of carbonyl (C=O) groups is 2. The molecule has 2 amide bonds. The van der Waals surface area contributed by atoms with Crippen LogP contribution in [-0.4, -0.2) is 31.0 Å². The highest BCUT2D eigenvalue weighted by atomic mass is 16.2. The van der Waals surface area contributed by atoms with Gasteiger partial charge in [-0.25, -0.2) is 4.79 Å². The molecule has 6 nitrogen and oxygen atoms in total. The zero-order valence-corrected chi connectivity index (χ0v) is 10.8. The number of piperazine rings is 1. The molecule has 1 saturated heterocycles. The quantitative estimate of drug-likeness (QED) is 0.641. The standard InChI is InChI=1S/C14H13N3O3/c18-9-16-14(4-5-14)10-2-1-3-11(6-10)17-8-12(19)15-7-13(17)20/h1-3,6H,4-5,7-8H2,(H,15,19). The van der Waals surface area contributed by atoms with E-state index in [4.69, 9.17) is 0 Å². The molecular formula is C14H13N3O3. The van der Waals surface area contributed by atoms with Gasteiger partial charge in [-0.05, 0) is 30.5 Å². The minimum absolute atomic E-state index is 0.0146. The lowest BCUT2D eigenvalue weighted by Gasteiger charge is -2.27. The number of nitrogens with one attached hydrogen (secondary N) is 1. The van der Waals surface area contributed by atoms with Crippen molar-refractivity contribution in [1.82, 2.24) is 5.32 Å². The van der Waals surface area contributed by atoms with Gasteiger partial charge in [-0.1, -0.05) is 12.1 Å². The normalized spacial score (nSPS) is 20.1. The molecule has 102 valence electrons. The molecule has 1 saturated carbocycles. The van der Waals surface area contributed by atoms with Gasteiger partial charge in [-0.15, -0.1) is 0 Å². The molecule has 6 heteroatoms. The molecule has 0 atom stereocenters. The third kappa shape index (κ3) is 2.10. The van der Waals surface area contributed by atoms with Crippen LogP contribution in [0.25, 0.3) is 0 Å². The van der Waals surface area contributed by atoms with Crippen molar-refractivity contribution in [2.75, 3.05) is 18.0 Å². The van der Waals surface area contributed by atoms with E-state index in [0.717, 1.165) is 18.4 Å². The number of nitrogens with zero attached hydrogens (tertiary/aromatic N) is 2. The molecule has 1 aromatic rings. The second-order valence-corrected chi connectivity index (χ2v) is 5.04. The van der Waals surface area contributed by atoms with E-state index in [1.165, 1.54) is 4.90 Å². The number of anilines is 1. The summed E-state index contributed by atoms with van der Waals surface area (Å²) < 4.78 is 0. The number of rotatable bonds is 3. The molecule has 3 rings (SSSR count). The highest BCUT2D eigenvalue weighted by molar-refractivity contribution is 6.04. The summed E-state index contributed by atoms with van der Waals surface area (Å²) in [7, 11) is 0. The Hall–Kier alpha value is -2.46. The lowest BCUT2D eigenvalue weighted by molar-refractivity contribution is -0.128. The van der Waals surface area contributed by atoms with Crippen LogP contribution < -0.4 is 10.2 Å². The number of benzene rings is 1. The van der Waals surface area contributed by atoms with Crippen LogP contribution in [0.1, 0.15) is 18.4 Å². The molecule has 0 radical (unpaired) electrons. The summed E-state index contributed by atoms with van der Waals surface area (Å²) in [6, 6.07) is 7.29. The third-order valence-electron chi connectivity index (χ3n) is 3.72. The van der Waals surface area contributed by atoms with E-state index < -0.39 is 5.54 Å². The van der Waals surface area contributed by atoms with Crippen LogP contribution >= 0.6 is 0 Å². The molecule has 1 aliphatic heterocycles. The van der Waals surface area contributed by atoms with E-state index in [0.29, 0.717) is 5.69 Å². The summed E-state index contributed by atoms with van der Waals surface area (Å²) in [5.41, 5.74) is 1.07. The summed E-state index contributed by atoms with van der Waals surface area (Å²) in [5.74, 6) is -0.326. The van der Waals surface area contributed by atoms with Crippen molar-refractivity contribution >= 4 is 23.6 Å². The highest BCUT2D eigenvalue weighted by Crippen LogP contribution is 2.49. The molecule has 2 aliphatic rings. The average Bonchev–Trinajstić information content (AvgIpc) is 3.23. The summed E-state index contributed by atoms with van der Waals surface area (Å²) in [5, 5.41) is 2.51. The first-order valence-corrected chi connectivity index (χ1v) is 6.41. The van der Waals surface area contributed by atoms with Crippen LogP contribution in [0.2, 0.25) is 0 Å². The van der Waals surface area contributed by atoms with Crippen molar-refractivity contribution in [3.63, 3.8) is 0 Å². The van der Waals surface area contributed by atoms with Crippen LogP contribution in [0, 0.1) is 0 Å². The second-order valence-electron chi connectivity index (χ2n) is 5.04. The summed E-state index contributed by atoms with van der Waals surface area (Å²) >= 11 is 0. The SMILES string of the molecule is O=C=NC1(c2cccc(N3CC(=O)NCC3=O)c2)CC1. The number of hydrogen-bond donors (Lipinski definition) is 1. The lowest BCUT2D eigenvalue weighted by Crippen LogP contribution is -2.51. The molecule has 1 N–H and O–H groups in total. The minimum atomic E-state index is -0.473. The number of isocyanates is 1. The van der Waals surface area contributed by atoms with Crippen LogP contribution in [0.15, 0.2) is 29.3 Å². The Labute approximate surface area is 115 Å². The van der Waals surface area contributed by atoms with Crippen LogP contribution in [0.4, 0.5) is 5.69 Å². The fraction of sp³-hybridized carbons (Fsp3) is 0.357. The highest BCUT2D eigenvalue weighted by Gasteiger charge is 2.45. The van der Waals surface area contributed by atoms with E-state index in [9.17, 15) is 14.4 Å². The topological polar surface area (TPSA) is 78.8 Å². The Morgan fingerprint density at radius 1 is 1.30 bits per heavy atom. The van der Waals surface area contributed by atoms with Crippen LogP contribution in [-0.2, 0) is 19.9 Å². The summed E-state index contributed by atoms with van der Waals surface area (Å²) in [4.78, 5) is 39.1. The smallest absolute Gasteiger partial charge is 0.246 e. The molecule has 2 fully saturated rings. The first kappa shape index (κ1) is 12.6. The van der Waals surface area contributed by atoms with Crippen molar-refractivity contribution < 1.29 is 14.4 Å². The summed E-state index contributed by atoms with van der Waals surface area (Å²) in [6.45, 7) is 0.0347. The third-order valence-corrected chi connectivity index (χ3v) is 3.72. The number of aliphatic imine (C=N–C) groups is 1. The maximum Gasteiger partial charge on any atom is 0.246 e. The van der Waals surface area contributed by atoms with Gasteiger partial charge in [0.25, 0.3) is 0 Å². The first-order chi connectivity index (χ1) is 9.64. The maximum absolute atomic E-state index is 11.9. The van der Waals surface area contributed by atoms with E-state index in [1.54, 1.807) is 12.1 Å². The fourth-order valence-electron chi connectivity index (χ4n) is 2.43. The molecule has 0 bridgehead atoms. The van der Waals surface area contributed by atoms with Gasteiger partial charge in [0, 0.05) is 5.69 Å². The number of amides is 2. The Morgan fingerprint density at radius 2 is 2.10 bits per heavy atom. The van der Waals surface area contributed by atoms with Crippen molar-refractivity contribution in [2.24, 2.45) is 4.99 Å². The minimum Gasteiger partial charge on any atom is -0.345 e. The molecule has 1 aliphatic carbocycles. The van der Waals surface area contributed by atoms with E-state index in [2.05, 4.69) is 10.3 Å². The monoisotopic (exact) mass is 271 g/mol. The molecule has 0 aromatic heterocycles. The van der Waals surface area contributed by atoms with Gasteiger partial charge in [-0.2, -0.15) is 4.99 Å². The van der Waals surface area contributed by atoms with Gasteiger partial charge in [0.15, 0.2) is 0 Å². The molecular weight excluding hydrogens is 258 g/mol. The average molecular weight is 271 g/mol. The molecule has 1 heterocycles.